The summed E-state index contributed by atoms with van der Waals surface area (Å²) >= 11 is 0. The first-order valence-electron chi connectivity index (χ1n) is 13.2. The molecular weight excluding hydrogens is 472 g/mol. The van der Waals surface area contributed by atoms with Crippen molar-refractivity contribution in [2.75, 3.05) is 0 Å². The van der Waals surface area contributed by atoms with Crippen molar-refractivity contribution in [1.29, 1.82) is 0 Å². The molecule has 0 radical (unpaired) electrons. The van der Waals surface area contributed by atoms with Crippen molar-refractivity contribution in [2.24, 2.45) is 0 Å². The van der Waals surface area contributed by atoms with Gasteiger partial charge in [0.1, 0.15) is 0 Å². The molecular formula is C37H26N2. The molecule has 2 aromatic heterocycles. The number of hydrogen-bond acceptors (Lipinski definition) is 1. The molecule has 0 spiro atoms. The molecule has 0 fully saturated rings. The summed E-state index contributed by atoms with van der Waals surface area (Å²) < 4.78 is 2.36. The van der Waals surface area contributed by atoms with Gasteiger partial charge < -0.3 is 4.57 Å². The Labute approximate surface area is 228 Å². The van der Waals surface area contributed by atoms with E-state index in [9.17, 15) is 0 Å². The standard InChI is InChI=1S/C37H26N2/c1-2-26-20-21-33-32-18-9-10-19-36(32)39(37(33)22-26)31-17-11-16-29(23-31)30-24-34(27-12-5-3-6-13-27)38-35(25-30)28-14-7-4-8-15-28/h2-25H,1H2. The molecule has 5 aromatic carbocycles. The lowest BCUT2D eigenvalue weighted by Gasteiger charge is -2.13. The van der Waals surface area contributed by atoms with Crippen LogP contribution in [0.15, 0.2) is 146 Å². The average molecular weight is 499 g/mol. The second-order valence-electron chi connectivity index (χ2n) is 9.74. The lowest BCUT2D eigenvalue weighted by atomic mass is 9.99. The van der Waals surface area contributed by atoms with Crippen molar-refractivity contribution < 1.29 is 0 Å². The minimum absolute atomic E-state index is 0.963. The topological polar surface area (TPSA) is 17.8 Å². The van der Waals surface area contributed by atoms with Gasteiger partial charge in [0, 0.05) is 27.6 Å². The highest BCUT2D eigenvalue weighted by molar-refractivity contribution is 6.09. The molecule has 0 N–H and O–H groups in total. The minimum atomic E-state index is 0.963. The fourth-order valence-electron chi connectivity index (χ4n) is 5.43. The van der Waals surface area contributed by atoms with E-state index < -0.39 is 0 Å². The highest BCUT2D eigenvalue weighted by Crippen LogP contribution is 2.35. The molecule has 0 saturated heterocycles. The van der Waals surface area contributed by atoms with Crippen LogP contribution in [0.25, 0.3) is 67.2 Å². The summed E-state index contributed by atoms with van der Waals surface area (Å²) in [7, 11) is 0. The maximum Gasteiger partial charge on any atom is 0.0715 e. The number of aromatic nitrogens is 2. The molecule has 0 aliphatic rings. The number of pyridine rings is 1. The van der Waals surface area contributed by atoms with Gasteiger partial charge in [-0.2, -0.15) is 0 Å². The predicted molar refractivity (Wildman–Crippen MR) is 165 cm³/mol. The Bertz CT molecular complexity index is 1910. The van der Waals surface area contributed by atoms with Crippen molar-refractivity contribution in [3.63, 3.8) is 0 Å². The molecule has 2 nitrogen and oxygen atoms in total. The Morgan fingerprint density at radius 3 is 1.79 bits per heavy atom. The van der Waals surface area contributed by atoms with Crippen LogP contribution >= 0.6 is 0 Å². The molecule has 0 aliphatic carbocycles. The second kappa shape index (κ2) is 9.59. The van der Waals surface area contributed by atoms with Crippen LogP contribution < -0.4 is 0 Å². The Morgan fingerprint density at radius 1 is 0.487 bits per heavy atom. The van der Waals surface area contributed by atoms with Gasteiger partial charge in [-0.3, -0.25) is 0 Å². The third-order valence-corrected chi connectivity index (χ3v) is 7.34. The SMILES string of the molecule is C=Cc1ccc2c3ccccc3n(-c3cccc(-c4cc(-c5ccccc5)nc(-c5ccccc5)c4)c3)c2c1. The van der Waals surface area contributed by atoms with Gasteiger partial charge in [-0.05, 0) is 53.1 Å². The van der Waals surface area contributed by atoms with E-state index in [1.54, 1.807) is 0 Å². The number of benzene rings is 5. The van der Waals surface area contributed by atoms with Crippen LogP contribution in [0, 0.1) is 0 Å². The van der Waals surface area contributed by atoms with Gasteiger partial charge in [0.25, 0.3) is 0 Å². The summed E-state index contributed by atoms with van der Waals surface area (Å²) in [6.07, 6.45) is 1.91. The molecule has 0 unspecified atom stereocenters. The van der Waals surface area contributed by atoms with Gasteiger partial charge in [-0.1, -0.05) is 116 Å². The van der Waals surface area contributed by atoms with Crippen molar-refractivity contribution >= 4 is 27.9 Å². The summed E-state index contributed by atoms with van der Waals surface area (Å²) in [4.78, 5) is 5.06. The first-order chi connectivity index (χ1) is 19.3. The lowest BCUT2D eigenvalue weighted by Crippen LogP contribution is -1.95. The summed E-state index contributed by atoms with van der Waals surface area (Å²) in [5.74, 6) is 0. The molecule has 0 amide bonds. The van der Waals surface area contributed by atoms with Crippen LogP contribution in [-0.4, -0.2) is 9.55 Å². The van der Waals surface area contributed by atoms with E-state index in [4.69, 9.17) is 4.98 Å². The third-order valence-electron chi connectivity index (χ3n) is 7.34. The van der Waals surface area contributed by atoms with Gasteiger partial charge in [0.2, 0.25) is 0 Å². The van der Waals surface area contributed by atoms with Crippen LogP contribution in [0.4, 0.5) is 0 Å². The van der Waals surface area contributed by atoms with Crippen molar-refractivity contribution in [3.05, 3.63) is 152 Å². The normalized spacial score (nSPS) is 11.2. The molecule has 0 atom stereocenters. The van der Waals surface area contributed by atoms with Crippen LogP contribution in [-0.2, 0) is 0 Å². The highest BCUT2D eigenvalue weighted by Gasteiger charge is 2.14. The molecule has 2 heterocycles. The van der Waals surface area contributed by atoms with E-state index in [0.717, 1.165) is 44.9 Å². The zero-order valence-electron chi connectivity index (χ0n) is 21.5. The van der Waals surface area contributed by atoms with Gasteiger partial charge in [-0.25, -0.2) is 4.98 Å². The Hall–Kier alpha value is -5.21. The molecule has 39 heavy (non-hydrogen) atoms. The number of hydrogen-bond donors (Lipinski definition) is 0. The number of fused-ring (bicyclic) bond motifs is 3. The van der Waals surface area contributed by atoms with E-state index in [1.165, 1.54) is 21.8 Å². The Kier molecular flexibility index (Phi) is 5.64. The minimum Gasteiger partial charge on any atom is -0.309 e. The van der Waals surface area contributed by atoms with E-state index >= 15 is 0 Å². The monoisotopic (exact) mass is 498 g/mol. The number of rotatable bonds is 5. The zero-order chi connectivity index (χ0) is 26.2. The Morgan fingerprint density at radius 2 is 1.10 bits per heavy atom. The van der Waals surface area contributed by atoms with E-state index in [1.807, 2.05) is 18.2 Å². The summed E-state index contributed by atoms with van der Waals surface area (Å²) in [6.45, 7) is 4.00. The largest absolute Gasteiger partial charge is 0.309 e. The summed E-state index contributed by atoms with van der Waals surface area (Å²) in [6, 6.07) is 49.2. The number of nitrogens with zero attached hydrogens (tertiary/aromatic N) is 2. The third kappa shape index (κ3) is 4.13. The van der Waals surface area contributed by atoms with E-state index in [2.05, 4.69) is 139 Å². The zero-order valence-corrected chi connectivity index (χ0v) is 21.5. The molecule has 184 valence electrons. The van der Waals surface area contributed by atoms with Crippen LogP contribution in [0.1, 0.15) is 5.56 Å². The molecule has 0 bridgehead atoms. The van der Waals surface area contributed by atoms with Gasteiger partial charge in [0.15, 0.2) is 0 Å². The maximum absolute atomic E-state index is 5.06. The maximum atomic E-state index is 5.06. The second-order valence-corrected chi connectivity index (χ2v) is 9.74. The predicted octanol–water partition coefficient (Wildman–Crippen LogP) is 9.82. The lowest BCUT2D eigenvalue weighted by molar-refractivity contribution is 1.18. The highest BCUT2D eigenvalue weighted by atomic mass is 15.0. The number of para-hydroxylation sites is 1. The first-order valence-corrected chi connectivity index (χ1v) is 13.2. The van der Waals surface area contributed by atoms with E-state index in [0.29, 0.717) is 0 Å². The molecule has 2 heteroatoms. The van der Waals surface area contributed by atoms with Crippen molar-refractivity contribution in [2.45, 2.75) is 0 Å². The van der Waals surface area contributed by atoms with Gasteiger partial charge in [-0.15, -0.1) is 0 Å². The van der Waals surface area contributed by atoms with Crippen molar-refractivity contribution in [1.82, 2.24) is 9.55 Å². The Balaban J connectivity index is 1.44. The molecule has 0 saturated carbocycles. The first kappa shape index (κ1) is 22.9. The molecule has 0 aliphatic heterocycles. The average Bonchev–Trinajstić information content (AvgIpc) is 3.35. The summed E-state index contributed by atoms with van der Waals surface area (Å²) in [5.41, 5.74) is 11.0. The van der Waals surface area contributed by atoms with Gasteiger partial charge in [0.05, 0.1) is 22.4 Å². The smallest absolute Gasteiger partial charge is 0.0715 e. The quantitative estimate of drug-likeness (QED) is 0.231. The fourth-order valence-corrected chi connectivity index (χ4v) is 5.43. The van der Waals surface area contributed by atoms with Crippen LogP contribution in [0.2, 0.25) is 0 Å². The van der Waals surface area contributed by atoms with Crippen molar-refractivity contribution in [3.8, 4) is 39.3 Å². The fraction of sp³-hybridized carbons (Fsp3) is 0. The molecule has 7 aromatic rings. The van der Waals surface area contributed by atoms with E-state index in [-0.39, 0.29) is 0 Å². The molecule has 7 rings (SSSR count). The van der Waals surface area contributed by atoms with Gasteiger partial charge >= 0.3 is 0 Å². The van der Waals surface area contributed by atoms with Crippen LogP contribution in [0.5, 0.6) is 0 Å². The van der Waals surface area contributed by atoms with Crippen LogP contribution in [0.3, 0.4) is 0 Å². The summed E-state index contributed by atoms with van der Waals surface area (Å²) in [5, 5.41) is 2.48.